The van der Waals surface area contributed by atoms with Gasteiger partial charge in [-0.25, -0.2) is 4.98 Å². The molecule has 0 fully saturated rings. The lowest BCUT2D eigenvalue weighted by atomic mass is 10.2. The highest BCUT2D eigenvalue weighted by Crippen LogP contribution is 1.95. The minimum absolute atomic E-state index is 0.187. The minimum Gasteiger partial charge on any atom is -0.351 e. The molecule has 1 heterocycles. The fourth-order valence-corrected chi connectivity index (χ4v) is 1.15. The highest BCUT2D eigenvalue weighted by Gasteiger charge is 2.05. The molecule has 16 heavy (non-hydrogen) atoms. The van der Waals surface area contributed by atoms with E-state index in [-0.39, 0.29) is 5.91 Å². The first kappa shape index (κ1) is 12.2. The van der Waals surface area contributed by atoms with Crippen LogP contribution in [-0.4, -0.2) is 22.4 Å². The molecule has 4 nitrogen and oxygen atoms in total. The largest absolute Gasteiger partial charge is 0.351 e. The van der Waals surface area contributed by atoms with E-state index in [0.29, 0.717) is 12.2 Å². The number of carbonyl (C=O) groups is 1. The second kappa shape index (κ2) is 6.57. The van der Waals surface area contributed by atoms with E-state index in [9.17, 15) is 4.79 Å². The number of unbranched alkanes of at least 4 members (excludes halogenated alkanes) is 2. The monoisotopic (exact) mass is 217 g/mol. The van der Waals surface area contributed by atoms with Crippen LogP contribution in [-0.2, 0) is 0 Å². The number of aryl methyl sites for hydroxylation is 1. The normalized spacial score (nSPS) is 9.50. The van der Waals surface area contributed by atoms with Crippen LogP contribution in [0.4, 0.5) is 0 Å². The molecular formula is C12H15N3O. The highest BCUT2D eigenvalue weighted by atomic mass is 16.1. The van der Waals surface area contributed by atoms with Crippen LogP contribution < -0.4 is 5.32 Å². The number of terminal acetylenes is 1. The summed E-state index contributed by atoms with van der Waals surface area (Å²) < 4.78 is 0. The van der Waals surface area contributed by atoms with Crippen molar-refractivity contribution in [2.45, 2.75) is 26.2 Å². The number of aromatic nitrogens is 2. The molecule has 0 bridgehead atoms. The number of nitrogens with one attached hydrogen (secondary N) is 1. The molecule has 0 radical (unpaired) electrons. The molecule has 1 aromatic rings. The van der Waals surface area contributed by atoms with Crippen molar-refractivity contribution >= 4 is 5.91 Å². The van der Waals surface area contributed by atoms with Crippen molar-refractivity contribution in [3.05, 3.63) is 23.8 Å². The molecule has 0 saturated carbocycles. The van der Waals surface area contributed by atoms with Crippen molar-refractivity contribution in [1.82, 2.24) is 15.3 Å². The molecule has 84 valence electrons. The van der Waals surface area contributed by atoms with Crippen molar-refractivity contribution in [2.75, 3.05) is 6.54 Å². The Labute approximate surface area is 95.5 Å². The van der Waals surface area contributed by atoms with Crippen molar-refractivity contribution in [2.24, 2.45) is 0 Å². The highest BCUT2D eigenvalue weighted by molar-refractivity contribution is 5.91. The van der Waals surface area contributed by atoms with Crippen LogP contribution in [0.1, 0.15) is 35.4 Å². The van der Waals surface area contributed by atoms with E-state index in [1.165, 1.54) is 6.20 Å². The number of hydrogen-bond acceptors (Lipinski definition) is 3. The lowest BCUT2D eigenvalue weighted by molar-refractivity contribution is 0.0947. The number of amides is 1. The predicted molar refractivity (Wildman–Crippen MR) is 61.8 cm³/mol. The van der Waals surface area contributed by atoms with Gasteiger partial charge in [-0.05, 0) is 19.8 Å². The summed E-state index contributed by atoms with van der Waals surface area (Å²) in [5.74, 6) is 2.37. The number of hydrogen-bond donors (Lipinski definition) is 1. The van der Waals surface area contributed by atoms with Crippen LogP contribution in [0.3, 0.4) is 0 Å². The Kier molecular flexibility index (Phi) is 5.00. The molecule has 1 N–H and O–H groups in total. The van der Waals surface area contributed by atoms with Gasteiger partial charge >= 0.3 is 0 Å². The third-order valence-corrected chi connectivity index (χ3v) is 2.05. The fourth-order valence-electron chi connectivity index (χ4n) is 1.15. The summed E-state index contributed by atoms with van der Waals surface area (Å²) in [6.07, 6.45) is 10.7. The lowest BCUT2D eigenvalue weighted by Crippen LogP contribution is -2.25. The number of rotatable bonds is 5. The zero-order chi connectivity index (χ0) is 11.8. The van der Waals surface area contributed by atoms with Crippen LogP contribution in [0.2, 0.25) is 0 Å². The molecule has 0 aromatic carbocycles. The van der Waals surface area contributed by atoms with E-state index >= 15 is 0 Å². The van der Waals surface area contributed by atoms with Crippen molar-refractivity contribution in [3.8, 4) is 12.3 Å². The second-order valence-electron chi connectivity index (χ2n) is 3.46. The molecule has 0 unspecified atom stereocenters. The molecular weight excluding hydrogens is 202 g/mol. The summed E-state index contributed by atoms with van der Waals surface area (Å²) in [6.45, 7) is 2.45. The van der Waals surface area contributed by atoms with E-state index in [1.54, 1.807) is 6.20 Å². The van der Waals surface area contributed by atoms with Gasteiger partial charge in [-0.1, -0.05) is 0 Å². The average Bonchev–Trinajstić information content (AvgIpc) is 2.29. The first-order valence-corrected chi connectivity index (χ1v) is 5.24. The van der Waals surface area contributed by atoms with Crippen LogP contribution in [0, 0.1) is 19.3 Å². The third-order valence-electron chi connectivity index (χ3n) is 2.05. The molecule has 0 aliphatic rings. The van der Waals surface area contributed by atoms with Gasteiger partial charge in [0.2, 0.25) is 0 Å². The van der Waals surface area contributed by atoms with Gasteiger partial charge < -0.3 is 5.32 Å². The third kappa shape index (κ3) is 4.09. The summed E-state index contributed by atoms with van der Waals surface area (Å²) in [5, 5.41) is 2.77. The molecule has 1 amide bonds. The Morgan fingerprint density at radius 3 is 2.88 bits per heavy atom. The molecule has 0 aliphatic carbocycles. The second-order valence-corrected chi connectivity index (χ2v) is 3.46. The Bertz CT molecular complexity index is 378. The Hall–Kier alpha value is -1.89. The van der Waals surface area contributed by atoms with Gasteiger partial charge in [0.15, 0.2) is 0 Å². The fraction of sp³-hybridized carbons (Fsp3) is 0.417. The molecule has 0 atom stereocenters. The Balaban J connectivity index is 2.30. The van der Waals surface area contributed by atoms with Crippen LogP contribution in [0.5, 0.6) is 0 Å². The van der Waals surface area contributed by atoms with Gasteiger partial charge in [-0.2, -0.15) is 0 Å². The zero-order valence-electron chi connectivity index (χ0n) is 9.36. The van der Waals surface area contributed by atoms with Crippen LogP contribution in [0.25, 0.3) is 0 Å². The quantitative estimate of drug-likeness (QED) is 0.597. The van der Waals surface area contributed by atoms with Crippen molar-refractivity contribution < 1.29 is 4.79 Å². The Morgan fingerprint density at radius 1 is 1.44 bits per heavy atom. The summed E-state index contributed by atoms with van der Waals surface area (Å²) in [6, 6.07) is 0. The lowest BCUT2D eigenvalue weighted by Gasteiger charge is -2.03. The number of nitrogens with zero attached hydrogens (tertiary/aromatic N) is 2. The van der Waals surface area contributed by atoms with Gasteiger partial charge in [0.1, 0.15) is 5.69 Å². The maximum Gasteiger partial charge on any atom is 0.271 e. The molecule has 1 aromatic heterocycles. The summed E-state index contributed by atoms with van der Waals surface area (Å²) in [7, 11) is 0. The van der Waals surface area contributed by atoms with Gasteiger partial charge in [0, 0.05) is 19.2 Å². The zero-order valence-corrected chi connectivity index (χ0v) is 9.36. The van der Waals surface area contributed by atoms with Crippen molar-refractivity contribution in [1.29, 1.82) is 0 Å². The van der Waals surface area contributed by atoms with E-state index in [2.05, 4.69) is 21.2 Å². The van der Waals surface area contributed by atoms with Gasteiger partial charge in [0.05, 0.1) is 11.9 Å². The van der Waals surface area contributed by atoms with Gasteiger partial charge in [-0.15, -0.1) is 12.3 Å². The standard InChI is InChI=1S/C12H15N3O/c1-3-4-5-6-7-13-12(16)11-9-14-10(2)8-15-11/h1,8-9H,4-7H2,2H3,(H,13,16). The van der Waals surface area contributed by atoms with Crippen LogP contribution in [0.15, 0.2) is 12.4 Å². The molecule has 0 spiro atoms. The average molecular weight is 217 g/mol. The Morgan fingerprint density at radius 2 is 2.25 bits per heavy atom. The van der Waals surface area contributed by atoms with Gasteiger partial charge in [0.25, 0.3) is 5.91 Å². The molecule has 0 aliphatic heterocycles. The molecule has 4 heteroatoms. The number of carbonyl (C=O) groups excluding carboxylic acids is 1. The molecule has 0 saturated heterocycles. The van der Waals surface area contributed by atoms with E-state index in [0.717, 1.165) is 25.0 Å². The summed E-state index contributed by atoms with van der Waals surface area (Å²) in [4.78, 5) is 19.5. The topological polar surface area (TPSA) is 54.9 Å². The van der Waals surface area contributed by atoms with E-state index < -0.39 is 0 Å². The maximum atomic E-state index is 11.5. The van der Waals surface area contributed by atoms with E-state index in [4.69, 9.17) is 6.42 Å². The van der Waals surface area contributed by atoms with Gasteiger partial charge in [-0.3, -0.25) is 9.78 Å². The van der Waals surface area contributed by atoms with E-state index in [1.807, 2.05) is 6.92 Å². The first-order valence-electron chi connectivity index (χ1n) is 5.24. The first-order chi connectivity index (χ1) is 7.74. The van der Waals surface area contributed by atoms with Crippen LogP contribution >= 0.6 is 0 Å². The predicted octanol–water partition coefficient (Wildman–Crippen LogP) is 1.32. The smallest absolute Gasteiger partial charge is 0.271 e. The SMILES string of the molecule is C#CCCCCNC(=O)c1cnc(C)cn1. The van der Waals surface area contributed by atoms with Crippen molar-refractivity contribution in [3.63, 3.8) is 0 Å². The molecule has 1 rings (SSSR count). The minimum atomic E-state index is -0.187. The summed E-state index contributed by atoms with van der Waals surface area (Å²) in [5.41, 5.74) is 1.15. The maximum absolute atomic E-state index is 11.5. The summed E-state index contributed by atoms with van der Waals surface area (Å²) >= 11 is 0.